The topological polar surface area (TPSA) is 107 Å². The molecule has 1 aliphatic heterocycles. The van der Waals surface area contributed by atoms with Crippen LogP contribution < -0.4 is 15.5 Å². The number of nitrogens with one attached hydrogen (secondary N) is 2. The van der Waals surface area contributed by atoms with Crippen molar-refractivity contribution in [2.24, 2.45) is 0 Å². The third kappa shape index (κ3) is 5.77. The van der Waals surface area contributed by atoms with Gasteiger partial charge in [0.05, 0.1) is 29.2 Å². The molecule has 4 heterocycles. The fourth-order valence-corrected chi connectivity index (χ4v) is 4.62. The first-order valence-electron chi connectivity index (χ1n) is 10.6. The van der Waals surface area contributed by atoms with E-state index in [0.29, 0.717) is 33.0 Å². The number of halogens is 1. The monoisotopic (exact) mass is 487 g/mol. The molecule has 3 aromatic rings. The fourth-order valence-electron chi connectivity index (χ4n) is 3.65. The molecule has 1 saturated heterocycles. The van der Waals surface area contributed by atoms with E-state index in [2.05, 4.69) is 35.4 Å². The normalized spacial score (nSPS) is 14.4. The molecule has 0 atom stereocenters. The number of carbonyl (C=O) groups excluding carboxylic acids is 1. The SMILES string of the molecule is Cc1cc(Nc2ncc(C(=O)Nc3c(Cl)ccnc3C)s2)cc(N2CCN(CCO)CC2)n1. The Morgan fingerprint density at radius 1 is 1.21 bits per heavy atom. The maximum atomic E-state index is 12.7. The minimum atomic E-state index is -0.286. The molecule has 1 amide bonds. The number of aromatic nitrogens is 3. The number of hydrogen-bond donors (Lipinski definition) is 3. The molecule has 0 saturated carbocycles. The lowest BCUT2D eigenvalue weighted by Gasteiger charge is -2.35. The van der Waals surface area contributed by atoms with E-state index in [4.69, 9.17) is 16.7 Å². The molecule has 0 aromatic carbocycles. The second-order valence-corrected chi connectivity index (χ2v) is 9.21. The first-order valence-corrected chi connectivity index (χ1v) is 11.8. The Morgan fingerprint density at radius 2 is 2.00 bits per heavy atom. The summed E-state index contributed by atoms with van der Waals surface area (Å²) in [6.07, 6.45) is 3.14. The number of amides is 1. The molecule has 0 unspecified atom stereocenters. The molecule has 174 valence electrons. The number of nitrogens with zero attached hydrogens (tertiary/aromatic N) is 5. The number of hydrogen-bond acceptors (Lipinski definition) is 9. The van der Waals surface area contributed by atoms with Gasteiger partial charge in [-0.15, -0.1) is 0 Å². The van der Waals surface area contributed by atoms with Crippen LogP contribution in [0.4, 0.5) is 22.3 Å². The molecule has 1 fully saturated rings. The molecule has 4 rings (SSSR count). The molecular weight excluding hydrogens is 462 g/mol. The second kappa shape index (κ2) is 10.4. The molecule has 3 N–H and O–H groups in total. The lowest BCUT2D eigenvalue weighted by Crippen LogP contribution is -2.47. The van der Waals surface area contributed by atoms with E-state index in [1.54, 1.807) is 19.2 Å². The van der Waals surface area contributed by atoms with Gasteiger partial charge in [0.25, 0.3) is 5.91 Å². The van der Waals surface area contributed by atoms with Gasteiger partial charge < -0.3 is 20.6 Å². The van der Waals surface area contributed by atoms with Crippen LogP contribution >= 0.6 is 22.9 Å². The van der Waals surface area contributed by atoms with Crippen LogP contribution in [-0.4, -0.2) is 70.2 Å². The van der Waals surface area contributed by atoms with Gasteiger partial charge in [-0.05, 0) is 26.0 Å². The highest BCUT2D eigenvalue weighted by atomic mass is 35.5. The van der Waals surface area contributed by atoms with Gasteiger partial charge in [0.15, 0.2) is 5.13 Å². The molecule has 1 aliphatic rings. The van der Waals surface area contributed by atoms with E-state index in [0.717, 1.165) is 43.4 Å². The molecule has 3 aromatic heterocycles. The van der Waals surface area contributed by atoms with Crippen LogP contribution in [0.3, 0.4) is 0 Å². The summed E-state index contributed by atoms with van der Waals surface area (Å²) >= 11 is 7.45. The van der Waals surface area contributed by atoms with Gasteiger partial charge in [-0.2, -0.15) is 0 Å². The number of β-amino-alcohol motifs (C(OH)–C–C–N with tert-alkyl or cyclic N) is 1. The van der Waals surface area contributed by atoms with E-state index >= 15 is 0 Å². The molecular formula is C22H26ClN7O2S. The van der Waals surface area contributed by atoms with Crippen LogP contribution in [0.1, 0.15) is 21.1 Å². The molecule has 0 radical (unpaired) electrons. The largest absolute Gasteiger partial charge is 0.395 e. The summed E-state index contributed by atoms with van der Waals surface area (Å²) in [6.45, 7) is 8.12. The number of anilines is 4. The first-order chi connectivity index (χ1) is 15.9. The Kier molecular flexibility index (Phi) is 7.39. The Bertz CT molecular complexity index is 1110. The average Bonchev–Trinajstić information content (AvgIpc) is 3.25. The van der Waals surface area contributed by atoms with Gasteiger partial charge in [0, 0.05) is 56.4 Å². The highest BCUT2D eigenvalue weighted by Crippen LogP contribution is 2.28. The third-order valence-corrected chi connectivity index (χ3v) is 6.59. The van der Waals surface area contributed by atoms with E-state index in [1.807, 2.05) is 19.1 Å². The number of aliphatic hydroxyl groups is 1. The Balaban J connectivity index is 1.43. The smallest absolute Gasteiger partial charge is 0.267 e. The summed E-state index contributed by atoms with van der Waals surface area (Å²) in [5.41, 5.74) is 2.91. The van der Waals surface area contributed by atoms with Gasteiger partial charge in [-0.25, -0.2) is 9.97 Å². The van der Waals surface area contributed by atoms with Gasteiger partial charge in [0.2, 0.25) is 0 Å². The van der Waals surface area contributed by atoms with E-state index in [9.17, 15) is 4.79 Å². The quantitative estimate of drug-likeness (QED) is 0.466. The number of carbonyl (C=O) groups is 1. The van der Waals surface area contributed by atoms with Crippen molar-refractivity contribution in [1.29, 1.82) is 0 Å². The zero-order valence-corrected chi connectivity index (χ0v) is 20.1. The number of piperazine rings is 1. The van der Waals surface area contributed by atoms with Gasteiger partial charge in [0.1, 0.15) is 10.7 Å². The Labute approximate surface area is 201 Å². The Morgan fingerprint density at radius 3 is 2.73 bits per heavy atom. The van der Waals surface area contributed by atoms with Crippen molar-refractivity contribution < 1.29 is 9.90 Å². The zero-order chi connectivity index (χ0) is 23.4. The third-order valence-electron chi connectivity index (χ3n) is 5.36. The number of rotatable bonds is 7. The molecule has 9 nitrogen and oxygen atoms in total. The van der Waals surface area contributed by atoms with Crippen molar-refractivity contribution in [2.75, 3.05) is 54.9 Å². The summed E-state index contributed by atoms with van der Waals surface area (Å²) in [5, 5.41) is 16.3. The van der Waals surface area contributed by atoms with Crippen LogP contribution in [0.5, 0.6) is 0 Å². The number of pyridine rings is 2. The number of thiazole rings is 1. The molecule has 33 heavy (non-hydrogen) atoms. The fraction of sp³-hybridized carbons (Fsp3) is 0.364. The maximum Gasteiger partial charge on any atom is 0.267 e. The van der Waals surface area contributed by atoms with Crippen molar-refractivity contribution in [1.82, 2.24) is 19.9 Å². The van der Waals surface area contributed by atoms with Crippen molar-refractivity contribution in [3.05, 3.63) is 51.9 Å². The van der Waals surface area contributed by atoms with Crippen molar-refractivity contribution in [2.45, 2.75) is 13.8 Å². The summed E-state index contributed by atoms with van der Waals surface area (Å²) in [4.78, 5) is 30.8. The van der Waals surface area contributed by atoms with Gasteiger partial charge in [-0.3, -0.25) is 14.7 Å². The summed E-state index contributed by atoms with van der Waals surface area (Å²) < 4.78 is 0. The zero-order valence-electron chi connectivity index (χ0n) is 18.5. The first kappa shape index (κ1) is 23.4. The van der Waals surface area contributed by atoms with Crippen LogP contribution in [-0.2, 0) is 0 Å². The number of aryl methyl sites for hydroxylation is 2. The van der Waals surface area contributed by atoms with Crippen molar-refractivity contribution in [3.63, 3.8) is 0 Å². The lowest BCUT2D eigenvalue weighted by molar-refractivity contribution is 0.103. The predicted molar refractivity (Wildman–Crippen MR) is 132 cm³/mol. The molecule has 0 spiro atoms. The standard InChI is InChI=1S/C22H26ClN7O2S/c1-14-11-16(12-19(26-14)30-7-5-29(6-8-30)9-10-31)27-22-25-13-18(33-22)21(32)28-20-15(2)24-4-3-17(20)23/h3-4,11-13,31H,5-10H2,1-2H3,(H,28,32)(H,25,26,27). The number of aliphatic hydroxyl groups excluding tert-OH is 1. The van der Waals surface area contributed by atoms with Gasteiger partial charge in [-0.1, -0.05) is 22.9 Å². The minimum absolute atomic E-state index is 0.180. The summed E-state index contributed by atoms with van der Waals surface area (Å²) in [6, 6.07) is 5.58. The molecule has 0 bridgehead atoms. The lowest BCUT2D eigenvalue weighted by atomic mass is 10.2. The van der Waals surface area contributed by atoms with Gasteiger partial charge >= 0.3 is 0 Å². The molecule has 0 aliphatic carbocycles. The van der Waals surface area contributed by atoms with Crippen molar-refractivity contribution in [3.8, 4) is 0 Å². The van der Waals surface area contributed by atoms with Crippen LogP contribution in [0.25, 0.3) is 0 Å². The van der Waals surface area contributed by atoms with Crippen LogP contribution in [0, 0.1) is 13.8 Å². The highest BCUT2D eigenvalue weighted by molar-refractivity contribution is 7.17. The summed E-state index contributed by atoms with van der Waals surface area (Å²) in [7, 11) is 0. The average molecular weight is 488 g/mol. The minimum Gasteiger partial charge on any atom is -0.395 e. The van der Waals surface area contributed by atoms with Crippen LogP contribution in [0.15, 0.2) is 30.6 Å². The Hall–Kier alpha value is -2.79. The second-order valence-electron chi connectivity index (χ2n) is 7.77. The van der Waals surface area contributed by atoms with Crippen molar-refractivity contribution >= 4 is 51.2 Å². The van der Waals surface area contributed by atoms with Crippen LogP contribution in [0.2, 0.25) is 5.02 Å². The maximum absolute atomic E-state index is 12.7. The van der Waals surface area contributed by atoms with E-state index in [-0.39, 0.29) is 12.5 Å². The highest BCUT2D eigenvalue weighted by Gasteiger charge is 2.19. The summed E-state index contributed by atoms with van der Waals surface area (Å²) in [5.74, 6) is 0.614. The predicted octanol–water partition coefficient (Wildman–Crippen LogP) is 3.31. The van der Waals surface area contributed by atoms with E-state index < -0.39 is 0 Å². The molecule has 11 heteroatoms. The van der Waals surface area contributed by atoms with E-state index in [1.165, 1.54) is 17.5 Å².